The number of ether oxygens (including phenoxy) is 4. The van der Waals surface area contributed by atoms with Gasteiger partial charge in [-0.3, -0.25) is 0 Å². The summed E-state index contributed by atoms with van der Waals surface area (Å²) in [4.78, 5) is 0. The molecule has 8 heteroatoms. The molecule has 0 radical (unpaired) electrons. The lowest BCUT2D eigenvalue weighted by molar-refractivity contribution is 0.324. The van der Waals surface area contributed by atoms with Crippen LogP contribution in [0.5, 0.6) is 23.0 Å². The number of anilines is 1. The molecule has 2 N–H and O–H groups in total. The summed E-state index contributed by atoms with van der Waals surface area (Å²) in [6.45, 7) is 0. The Balaban J connectivity index is 2.41. The van der Waals surface area contributed by atoms with Crippen LogP contribution in [0.4, 0.5) is 21.5 Å². The Morgan fingerprint density at radius 1 is 0.833 bits per heavy atom. The lowest BCUT2D eigenvalue weighted by Crippen LogP contribution is -1.95. The molecular weight excluding hydrogens is 317 g/mol. The number of nitrogen functional groups attached to an aromatic ring is 1. The van der Waals surface area contributed by atoms with Gasteiger partial charge in [0.25, 0.3) is 0 Å². The predicted octanol–water partition coefficient (Wildman–Crippen LogP) is 3.86. The minimum atomic E-state index is -0.703. The van der Waals surface area contributed by atoms with Crippen molar-refractivity contribution >= 4 is 17.1 Å². The lowest BCUT2D eigenvalue weighted by Gasteiger charge is -2.12. The van der Waals surface area contributed by atoms with Gasteiger partial charge in [-0.25, -0.2) is 4.39 Å². The van der Waals surface area contributed by atoms with Crippen LogP contribution < -0.4 is 24.7 Å². The summed E-state index contributed by atoms with van der Waals surface area (Å²) in [7, 11) is 5.88. The number of hydrogen-bond donors (Lipinski definition) is 1. The van der Waals surface area contributed by atoms with Crippen molar-refractivity contribution in [3.05, 3.63) is 30.1 Å². The third-order valence-corrected chi connectivity index (χ3v) is 3.26. The molecule has 0 spiro atoms. The van der Waals surface area contributed by atoms with E-state index in [2.05, 4.69) is 10.2 Å². The van der Waals surface area contributed by atoms with Gasteiger partial charge >= 0.3 is 0 Å². The van der Waals surface area contributed by atoms with Crippen LogP contribution in [0.15, 0.2) is 34.5 Å². The summed E-state index contributed by atoms with van der Waals surface area (Å²) < 4.78 is 34.8. The number of benzene rings is 2. The number of azo groups is 1. The van der Waals surface area contributed by atoms with Crippen LogP contribution in [0.2, 0.25) is 0 Å². The van der Waals surface area contributed by atoms with Gasteiger partial charge in [-0.05, 0) is 12.1 Å². The van der Waals surface area contributed by atoms with Gasteiger partial charge in [-0.2, -0.15) is 5.11 Å². The van der Waals surface area contributed by atoms with Crippen molar-refractivity contribution in [3.8, 4) is 23.0 Å². The van der Waals surface area contributed by atoms with Crippen LogP contribution in [0, 0.1) is 5.82 Å². The molecule has 0 bridgehead atoms. The lowest BCUT2D eigenvalue weighted by atomic mass is 10.2. The molecule has 0 aliphatic heterocycles. The molecule has 0 atom stereocenters. The van der Waals surface area contributed by atoms with Gasteiger partial charge < -0.3 is 24.7 Å². The molecule has 2 aromatic rings. The number of nitrogens with two attached hydrogens (primary N) is 1. The first-order valence-corrected chi connectivity index (χ1v) is 6.89. The molecule has 2 aromatic carbocycles. The van der Waals surface area contributed by atoms with Crippen molar-refractivity contribution in [1.29, 1.82) is 0 Å². The molecule has 2 rings (SSSR count). The third-order valence-electron chi connectivity index (χ3n) is 3.26. The van der Waals surface area contributed by atoms with Gasteiger partial charge in [0, 0.05) is 12.1 Å². The Kier molecular flexibility index (Phi) is 5.41. The molecule has 0 aliphatic rings. The van der Waals surface area contributed by atoms with Gasteiger partial charge in [-0.1, -0.05) is 0 Å². The van der Waals surface area contributed by atoms with Crippen molar-refractivity contribution in [2.45, 2.75) is 0 Å². The van der Waals surface area contributed by atoms with Crippen LogP contribution in [0.3, 0.4) is 0 Å². The maximum Gasteiger partial charge on any atom is 0.203 e. The average molecular weight is 335 g/mol. The first-order valence-electron chi connectivity index (χ1n) is 6.89. The van der Waals surface area contributed by atoms with Crippen LogP contribution in [-0.2, 0) is 0 Å². The Morgan fingerprint density at radius 2 is 1.42 bits per heavy atom. The van der Waals surface area contributed by atoms with Crippen LogP contribution in [0.25, 0.3) is 0 Å². The molecule has 128 valence electrons. The SMILES string of the molecule is COc1ccc(N=Nc2cc(OC)c(OC)c(OC)c2)c(F)c1N. The van der Waals surface area contributed by atoms with E-state index in [1.165, 1.54) is 40.6 Å². The van der Waals surface area contributed by atoms with E-state index in [9.17, 15) is 4.39 Å². The van der Waals surface area contributed by atoms with E-state index in [0.717, 1.165) is 0 Å². The molecule has 0 fully saturated rings. The molecule has 24 heavy (non-hydrogen) atoms. The Morgan fingerprint density at radius 3 is 1.92 bits per heavy atom. The highest BCUT2D eigenvalue weighted by Gasteiger charge is 2.14. The average Bonchev–Trinajstić information content (AvgIpc) is 2.61. The summed E-state index contributed by atoms with van der Waals surface area (Å²) in [5, 5.41) is 7.88. The zero-order chi connectivity index (χ0) is 17.7. The van der Waals surface area contributed by atoms with E-state index in [1.54, 1.807) is 12.1 Å². The Bertz CT molecular complexity index is 740. The largest absolute Gasteiger partial charge is 0.494 e. The zero-order valence-electron chi connectivity index (χ0n) is 13.8. The highest BCUT2D eigenvalue weighted by molar-refractivity contribution is 5.63. The predicted molar refractivity (Wildman–Crippen MR) is 87.6 cm³/mol. The second kappa shape index (κ2) is 7.49. The number of hydrogen-bond acceptors (Lipinski definition) is 7. The smallest absolute Gasteiger partial charge is 0.203 e. The standard InChI is InChI=1S/C16H18FN3O4/c1-21-11-6-5-10(14(17)15(11)18)20-19-9-7-12(22-2)16(24-4)13(8-9)23-3/h5-8H,18H2,1-4H3. The van der Waals surface area contributed by atoms with Gasteiger partial charge in [0.1, 0.15) is 17.1 Å². The Hall–Kier alpha value is -3.03. The van der Waals surface area contributed by atoms with E-state index >= 15 is 0 Å². The van der Waals surface area contributed by atoms with E-state index in [0.29, 0.717) is 22.9 Å². The van der Waals surface area contributed by atoms with Crippen molar-refractivity contribution in [2.24, 2.45) is 10.2 Å². The number of methoxy groups -OCH3 is 4. The third kappa shape index (κ3) is 3.32. The van der Waals surface area contributed by atoms with E-state index in [1.807, 2.05) is 0 Å². The van der Waals surface area contributed by atoms with E-state index in [4.69, 9.17) is 24.7 Å². The molecule has 0 unspecified atom stereocenters. The summed E-state index contributed by atoms with van der Waals surface area (Å²) >= 11 is 0. The summed E-state index contributed by atoms with van der Waals surface area (Å²) in [6, 6.07) is 6.12. The zero-order valence-corrected chi connectivity index (χ0v) is 13.8. The van der Waals surface area contributed by atoms with Crippen LogP contribution in [0.1, 0.15) is 0 Å². The quantitative estimate of drug-likeness (QED) is 0.640. The highest BCUT2D eigenvalue weighted by atomic mass is 19.1. The second-order valence-electron chi connectivity index (χ2n) is 4.60. The van der Waals surface area contributed by atoms with Gasteiger partial charge in [0.2, 0.25) is 5.75 Å². The van der Waals surface area contributed by atoms with Crippen LogP contribution in [-0.4, -0.2) is 28.4 Å². The fourth-order valence-corrected chi connectivity index (χ4v) is 2.06. The van der Waals surface area contributed by atoms with Gasteiger partial charge in [0.05, 0.1) is 34.1 Å². The first-order chi connectivity index (χ1) is 11.5. The number of halogens is 1. The maximum absolute atomic E-state index is 14.1. The monoisotopic (exact) mass is 335 g/mol. The molecule has 0 aromatic heterocycles. The van der Waals surface area contributed by atoms with Crippen molar-refractivity contribution < 1.29 is 23.3 Å². The molecule has 0 aliphatic carbocycles. The fourth-order valence-electron chi connectivity index (χ4n) is 2.06. The van der Waals surface area contributed by atoms with E-state index < -0.39 is 5.82 Å². The minimum Gasteiger partial charge on any atom is -0.494 e. The molecule has 0 saturated carbocycles. The van der Waals surface area contributed by atoms with Crippen molar-refractivity contribution in [1.82, 2.24) is 0 Å². The highest BCUT2D eigenvalue weighted by Crippen LogP contribution is 2.41. The molecular formula is C16H18FN3O4. The van der Waals surface area contributed by atoms with Gasteiger partial charge in [-0.15, -0.1) is 5.11 Å². The second-order valence-corrected chi connectivity index (χ2v) is 4.60. The summed E-state index contributed by atoms with van der Waals surface area (Å²) in [6.07, 6.45) is 0. The Labute approximate surface area is 138 Å². The van der Waals surface area contributed by atoms with Gasteiger partial charge in [0.15, 0.2) is 17.3 Å². The van der Waals surface area contributed by atoms with Crippen molar-refractivity contribution in [2.75, 3.05) is 34.2 Å². The number of nitrogens with zero attached hydrogens (tertiary/aromatic N) is 2. The molecule has 0 amide bonds. The summed E-state index contributed by atoms with van der Waals surface area (Å²) in [5.41, 5.74) is 5.90. The first kappa shape index (κ1) is 17.3. The topological polar surface area (TPSA) is 87.7 Å². The molecule has 0 saturated heterocycles. The molecule has 0 heterocycles. The van der Waals surface area contributed by atoms with E-state index in [-0.39, 0.29) is 17.1 Å². The summed E-state index contributed by atoms with van der Waals surface area (Å²) in [5.74, 6) is 0.796. The van der Waals surface area contributed by atoms with Crippen LogP contribution >= 0.6 is 0 Å². The fraction of sp³-hybridized carbons (Fsp3) is 0.250. The maximum atomic E-state index is 14.1. The number of rotatable bonds is 6. The minimum absolute atomic E-state index is 0.0120. The van der Waals surface area contributed by atoms with Crippen molar-refractivity contribution in [3.63, 3.8) is 0 Å². The molecule has 7 nitrogen and oxygen atoms in total. The normalized spacial score (nSPS) is 10.7.